The number of hydrogen-bond donors (Lipinski definition) is 1. The fourth-order valence-corrected chi connectivity index (χ4v) is 6.23. The summed E-state index contributed by atoms with van der Waals surface area (Å²) in [7, 11) is 0. The van der Waals surface area contributed by atoms with Crippen LogP contribution in [0.15, 0.2) is 65.6 Å². The first kappa shape index (κ1) is 28.3. The fraction of sp³-hybridized carbons (Fsp3) is 0.333. The predicted octanol–water partition coefficient (Wildman–Crippen LogP) is 7.70. The Morgan fingerprint density at radius 3 is 2.50 bits per heavy atom. The van der Waals surface area contributed by atoms with Crippen molar-refractivity contribution in [3.8, 4) is 17.2 Å². The first-order valence-electron chi connectivity index (χ1n) is 13.0. The van der Waals surface area contributed by atoms with Crippen molar-refractivity contribution in [2.75, 3.05) is 32.1 Å². The van der Waals surface area contributed by atoms with Crippen molar-refractivity contribution < 1.29 is 36.5 Å². The van der Waals surface area contributed by atoms with E-state index < -0.39 is 17.9 Å². The number of allylic oxidation sites excluding steroid dienone is 1. The maximum Gasteiger partial charge on any atom is 0.573 e. The Morgan fingerprint density at radius 1 is 1.00 bits per heavy atom. The summed E-state index contributed by atoms with van der Waals surface area (Å²) in [6.07, 6.45) is -3.10. The zero-order chi connectivity index (χ0) is 28.3. The molecule has 0 aliphatic carbocycles. The lowest BCUT2D eigenvalue weighted by Gasteiger charge is -2.19. The predicted molar refractivity (Wildman–Crippen MR) is 145 cm³/mol. The quantitative estimate of drug-likeness (QED) is 0.278. The Morgan fingerprint density at radius 2 is 1.77 bits per heavy atom. The van der Waals surface area contributed by atoms with Gasteiger partial charge in [-0.3, -0.25) is 9.29 Å². The number of nitrogens with zero attached hydrogens (tertiary/aromatic N) is 1. The number of aromatic hydroxyl groups is 1. The van der Waals surface area contributed by atoms with Crippen molar-refractivity contribution in [1.82, 2.24) is 4.90 Å². The van der Waals surface area contributed by atoms with Crippen molar-refractivity contribution in [1.29, 1.82) is 0 Å². The molecule has 10 heteroatoms. The van der Waals surface area contributed by atoms with E-state index in [1.54, 1.807) is 30.0 Å². The number of likely N-dealkylation sites (tertiary alicyclic amines) is 1. The molecule has 2 heterocycles. The largest absolute Gasteiger partial charge is 0.573 e. The van der Waals surface area contributed by atoms with Crippen molar-refractivity contribution in [3.05, 3.63) is 83.2 Å². The molecule has 0 spiro atoms. The van der Waals surface area contributed by atoms with Gasteiger partial charge < -0.3 is 14.6 Å². The number of thioether (sulfide) groups is 1. The molecule has 2 aliphatic heterocycles. The molecule has 5 rings (SSSR count). The number of alkyl halides is 4. The van der Waals surface area contributed by atoms with Gasteiger partial charge in [-0.1, -0.05) is 18.2 Å². The lowest BCUT2D eigenvalue weighted by Crippen LogP contribution is -2.26. The van der Waals surface area contributed by atoms with Crippen LogP contribution in [0.25, 0.3) is 11.1 Å². The topological polar surface area (TPSA) is 41.9 Å². The summed E-state index contributed by atoms with van der Waals surface area (Å²) in [5.74, 6) is -0.556. The second-order valence-corrected chi connectivity index (χ2v) is 10.9. The highest BCUT2D eigenvalue weighted by atomic mass is 32.2. The van der Waals surface area contributed by atoms with Crippen LogP contribution in [0.3, 0.4) is 0 Å². The van der Waals surface area contributed by atoms with E-state index in [-0.39, 0.29) is 18.5 Å². The van der Waals surface area contributed by atoms with Gasteiger partial charge in [-0.2, -0.15) is 0 Å². The molecule has 4 nitrogen and oxygen atoms in total. The van der Waals surface area contributed by atoms with Crippen molar-refractivity contribution in [2.24, 2.45) is 0 Å². The first-order chi connectivity index (χ1) is 19.2. The summed E-state index contributed by atoms with van der Waals surface area (Å²) in [5, 5.41) is 10.1. The number of hydrogen-bond acceptors (Lipinski definition) is 5. The average Bonchev–Trinajstić information content (AvgIpc) is 3.27. The van der Waals surface area contributed by atoms with E-state index in [2.05, 4.69) is 9.64 Å². The molecule has 3 aromatic rings. The third-order valence-corrected chi connectivity index (χ3v) is 7.99. The lowest BCUT2D eigenvalue weighted by molar-refractivity contribution is -0.275. The second kappa shape index (κ2) is 12.1. The number of rotatable bonds is 8. The second-order valence-electron chi connectivity index (χ2n) is 9.72. The van der Waals surface area contributed by atoms with Gasteiger partial charge in [-0.05, 0) is 89.6 Å². The molecule has 0 aromatic heterocycles. The minimum Gasteiger partial charge on any atom is -0.508 e. The SMILES string of the molecule is Oc1ccc2c(c1)SCCC(c1ccc(OC(F)(F)F)c(F)c1)=C2c1ccc(O[C@H]2CCN(CCCF)C2)cc1. The average molecular weight is 578 g/mol. The molecule has 0 saturated carbocycles. The Labute approximate surface area is 233 Å². The molecule has 1 fully saturated rings. The molecule has 1 atom stereocenters. The Balaban J connectivity index is 1.48. The van der Waals surface area contributed by atoms with Gasteiger partial charge in [-0.25, -0.2) is 4.39 Å². The van der Waals surface area contributed by atoms with Gasteiger partial charge in [-0.15, -0.1) is 24.9 Å². The van der Waals surface area contributed by atoms with Crippen LogP contribution in [0.4, 0.5) is 22.0 Å². The van der Waals surface area contributed by atoms with Crippen LogP contribution in [0, 0.1) is 5.82 Å². The molecule has 40 heavy (non-hydrogen) atoms. The molecule has 0 unspecified atom stereocenters. The van der Waals surface area contributed by atoms with E-state index in [9.17, 15) is 27.1 Å². The molecule has 1 N–H and O–H groups in total. The van der Waals surface area contributed by atoms with Crippen molar-refractivity contribution in [3.63, 3.8) is 0 Å². The summed E-state index contributed by atoms with van der Waals surface area (Å²) in [4.78, 5) is 3.04. The number of phenolic OH excluding ortho intramolecular Hbond substituents is 1. The Bertz CT molecular complexity index is 1380. The molecule has 0 radical (unpaired) electrons. The van der Waals surface area contributed by atoms with Gasteiger partial charge >= 0.3 is 6.36 Å². The summed E-state index contributed by atoms with van der Waals surface area (Å²) in [6, 6.07) is 16.1. The number of fused-ring (bicyclic) bond motifs is 1. The van der Waals surface area contributed by atoms with E-state index in [1.807, 2.05) is 24.3 Å². The molecular weight excluding hydrogens is 549 g/mol. The van der Waals surface area contributed by atoms with Gasteiger partial charge in [0.2, 0.25) is 0 Å². The molecule has 1 saturated heterocycles. The number of halogens is 5. The van der Waals surface area contributed by atoms with Gasteiger partial charge in [0, 0.05) is 30.3 Å². The van der Waals surface area contributed by atoms with Crippen LogP contribution in [-0.4, -0.2) is 54.5 Å². The van der Waals surface area contributed by atoms with Gasteiger partial charge in [0.25, 0.3) is 0 Å². The monoisotopic (exact) mass is 577 g/mol. The van der Waals surface area contributed by atoms with Gasteiger partial charge in [0.1, 0.15) is 17.6 Å². The highest BCUT2D eigenvalue weighted by Gasteiger charge is 2.32. The molecule has 212 valence electrons. The van der Waals surface area contributed by atoms with Gasteiger partial charge in [0.15, 0.2) is 11.6 Å². The van der Waals surface area contributed by atoms with Crippen molar-refractivity contribution >= 4 is 22.9 Å². The van der Waals surface area contributed by atoms with E-state index >= 15 is 0 Å². The molecular formula is C30H28F5NO3S. The van der Waals surface area contributed by atoms with E-state index in [0.717, 1.165) is 58.8 Å². The maximum atomic E-state index is 14.7. The molecule has 2 aliphatic rings. The van der Waals surface area contributed by atoms with Gasteiger partial charge in [0.05, 0.1) is 6.67 Å². The highest BCUT2D eigenvalue weighted by Crippen LogP contribution is 2.44. The Hall–Kier alpha value is -3.24. The maximum absolute atomic E-state index is 14.7. The van der Waals surface area contributed by atoms with Crippen LogP contribution in [0.2, 0.25) is 0 Å². The third-order valence-electron chi connectivity index (χ3n) is 6.93. The first-order valence-corrected chi connectivity index (χ1v) is 14.0. The normalized spacial score (nSPS) is 18.0. The zero-order valence-corrected chi connectivity index (χ0v) is 22.3. The smallest absolute Gasteiger partial charge is 0.508 e. The van der Waals surface area contributed by atoms with Crippen LogP contribution < -0.4 is 9.47 Å². The van der Waals surface area contributed by atoms with Crippen LogP contribution in [0.5, 0.6) is 17.2 Å². The number of benzene rings is 3. The summed E-state index contributed by atoms with van der Waals surface area (Å²) in [5.41, 5.74) is 3.67. The van der Waals surface area contributed by atoms with Crippen molar-refractivity contribution in [2.45, 2.75) is 36.6 Å². The third kappa shape index (κ3) is 6.72. The number of ether oxygens (including phenoxy) is 2. The minimum absolute atomic E-state index is 0.0126. The van der Waals surface area contributed by atoms with Crippen LogP contribution >= 0.6 is 11.8 Å². The molecule has 0 amide bonds. The zero-order valence-electron chi connectivity index (χ0n) is 21.5. The van der Waals surface area contributed by atoms with E-state index in [1.165, 1.54) is 6.07 Å². The van der Waals surface area contributed by atoms with Crippen LogP contribution in [-0.2, 0) is 0 Å². The minimum atomic E-state index is -5.00. The van der Waals surface area contributed by atoms with E-state index in [0.29, 0.717) is 36.5 Å². The summed E-state index contributed by atoms with van der Waals surface area (Å²) >= 11 is 1.54. The Kier molecular flexibility index (Phi) is 8.56. The summed E-state index contributed by atoms with van der Waals surface area (Å²) < 4.78 is 75.3. The highest BCUT2D eigenvalue weighted by molar-refractivity contribution is 7.99. The molecule has 0 bridgehead atoms. The van der Waals surface area contributed by atoms with E-state index in [4.69, 9.17) is 4.74 Å². The van der Waals surface area contributed by atoms with Crippen LogP contribution in [0.1, 0.15) is 36.0 Å². The standard InChI is InChI=1S/C30H28F5NO3S/c31-12-1-13-36-14-10-23(18-36)38-22-6-2-19(3-7-22)29-24(11-15-40-28-17-21(37)5-8-25(28)29)20-4-9-27(26(32)16-20)39-30(33,34)35/h2-9,16-17,23,37H,1,10-15,18H2/t23-/m0/s1. The summed E-state index contributed by atoms with van der Waals surface area (Å²) in [6.45, 7) is 1.98. The fourth-order valence-electron chi connectivity index (χ4n) is 5.17. The number of phenols is 1. The lowest BCUT2D eigenvalue weighted by atomic mass is 9.88. The molecule has 3 aromatic carbocycles.